The molecule has 4 unspecified atom stereocenters. The molecule has 3 aliphatic rings. The summed E-state index contributed by atoms with van der Waals surface area (Å²) in [5.41, 5.74) is -0.330. The van der Waals surface area contributed by atoms with Crippen LogP contribution in [0.2, 0.25) is 0 Å². The third-order valence-electron chi connectivity index (χ3n) is 5.66. The van der Waals surface area contributed by atoms with E-state index in [1.807, 2.05) is 12.2 Å². The van der Waals surface area contributed by atoms with Crippen molar-refractivity contribution in [3.63, 3.8) is 0 Å². The van der Waals surface area contributed by atoms with Crippen molar-refractivity contribution >= 4 is 29.7 Å². The first-order valence-electron chi connectivity index (χ1n) is 9.71. The quantitative estimate of drug-likeness (QED) is 0.215. The predicted octanol–water partition coefficient (Wildman–Crippen LogP) is 1.60. The first kappa shape index (κ1) is 20.5. The van der Waals surface area contributed by atoms with Gasteiger partial charge in [0.2, 0.25) is 5.75 Å². The minimum atomic E-state index is -1.30. The number of carbonyl (C=O) groups is 3. The maximum atomic E-state index is 12.7. The van der Waals surface area contributed by atoms with E-state index in [2.05, 4.69) is 5.10 Å². The summed E-state index contributed by atoms with van der Waals surface area (Å²) in [6.07, 6.45) is 5.91. The number of hydrogen-bond donors (Lipinski definition) is 1. The highest BCUT2D eigenvalue weighted by Gasteiger charge is 2.59. The van der Waals surface area contributed by atoms with E-state index in [0.717, 1.165) is 17.5 Å². The number of ether oxygens (including phenoxy) is 2. The van der Waals surface area contributed by atoms with Crippen molar-refractivity contribution < 1.29 is 33.9 Å². The number of carboxylic acids is 1. The summed E-state index contributed by atoms with van der Waals surface area (Å²) in [4.78, 5) is 47.0. The number of rotatable bonds is 8. The van der Waals surface area contributed by atoms with Gasteiger partial charge in [-0.05, 0) is 31.2 Å². The molecular formula is C20H19N3O8. The van der Waals surface area contributed by atoms with Gasteiger partial charge in [0.05, 0.1) is 29.6 Å². The zero-order chi connectivity index (χ0) is 22.3. The molecular weight excluding hydrogens is 410 g/mol. The van der Waals surface area contributed by atoms with E-state index in [-0.39, 0.29) is 47.3 Å². The van der Waals surface area contributed by atoms with Gasteiger partial charge in [-0.3, -0.25) is 19.7 Å². The Balaban J connectivity index is 1.63. The number of hydrogen-bond acceptors (Lipinski definition) is 8. The van der Waals surface area contributed by atoms with E-state index < -0.39 is 35.0 Å². The van der Waals surface area contributed by atoms with Crippen LogP contribution in [0.5, 0.6) is 11.5 Å². The molecule has 4 rings (SSSR count). The number of hydrazone groups is 1. The van der Waals surface area contributed by atoms with Gasteiger partial charge in [-0.25, -0.2) is 4.79 Å². The largest absolute Gasteiger partial charge is 0.490 e. The Morgan fingerprint density at radius 1 is 1.26 bits per heavy atom. The molecule has 11 heteroatoms. The van der Waals surface area contributed by atoms with Crippen LogP contribution in [-0.4, -0.2) is 52.3 Å². The lowest BCUT2D eigenvalue weighted by molar-refractivity contribution is -0.385. The fourth-order valence-corrected chi connectivity index (χ4v) is 4.48. The molecule has 11 nitrogen and oxygen atoms in total. The molecule has 0 aromatic heterocycles. The second-order valence-corrected chi connectivity index (χ2v) is 7.47. The molecule has 31 heavy (non-hydrogen) atoms. The van der Waals surface area contributed by atoms with Gasteiger partial charge >= 0.3 is 11.7 Å². The lowest BCUT2D eigenvalue weighted by Crippen LogP contribution is -2.28. The Bertz CT molecular complexity index is 1000. The van der Waals surface area contributed by atoms with E-state index in [1.165, 1.54) is 12.3 Å². The van der Waals surface area contributed by atoms with Crippen LogP contribution >= 0.6 is 0 Å². The van der Waals surface area contributed by atoms with Gasteiger partial charge in [0.25, 0.3) is 11.8 Å². The van der Waals surface area contributed by atoms with Crippen molar-refractivity contribution in [1.29, 1.82) is 0 Å². The molecule has 0 radical (unpaired) electrons. The fourth-order valence-electron chi connectivity index (χ4n) is 4.48. The topological polar surface area (TPSA) is 149 Å². The predicted molar refractivity (Wildman–Crippen MR) is 105 cm³/mol. The summed E-state index contributed by atoms with van der Waals surface area (Å²) in [7, 11) is 0. The molecule has 1 N–H and O–H groups in total. The Morgan fingerprint density at radius 3 is 2.45 bits per heavy atom. The Labute approximate surface area is 176 Å². The van der Waals surface area contributed by atoms with E-state index in [0.29, 0.717) is 0 Å². The zero-order valence-corrected chi connectivity index (χ0v) is 16.5. The standard InChI is InChI=1S/C20H19N3O8/c1-2-30-14-6-10(5-13(23(28)29)18(14)31-9-15(24)25)8-21-22-19(26)16-11-3-4-12(7-11)17(16)20(22)27/h3-6,8,11-12,16-17H,2,7,9H2,1H3,(H,24,25). The molecule has 2 fully saturated rings. The van der Waals surface area contributed by atoms with Crippen LogP contribution in [0.4, 0.5) is 5.69 Å². The van der Waals surface area contributed by atoms with Gasteiger partial charge in [0, 0.05) is 11.6 Å². The molecule has 1 saturated carbocycles. The van der Waals surface area contributed by atoms with Crippen LogP contribution in [0, 0.1) is 33.8 Å². The summed E-state index contributed by atoms with van der Waals surface area (Å²) in [5.74, 6) is -3.13. The van der Waals surface area contributed by atoms with Gasteiger partial charge in [-0.15, -0.1) is 0 Å². The van der Waals surface area contributed by atoms with Gasteiger partial charge in [-0.1, -0.05) is 12.2 Å². The van der Waals surface area contributed by atoms with Crippen molar-refractivity contribution in [3.05, 3.63) is 40.0 Å². The Hall–Kier alpha value is -3.76. The van der Waals surface area contributed by atoms with Gasteiger partial charge in [-0.2, -0.15) is 10.1 Å². The minimum absolute atomic E-state index is 0.0439. The molecule has 1 aliphatic heterocycles. The van der Waals surface area contributed by atoms with Crippen LogP contribution < -0.4 is 9.47 Å². The SMILES string of the molecule is CCOc1cc(C=NN2C(=O)C3C4C=CC(C4)C3C2=O)cc([N+](=O)[O-])c1OCC(=O)O. The maximum Gasteiger partial charge on any atom is 0.341 e. The van der Waals surface area contributed by atoms with Crippen molar-refractivity contribution in [2.75, 3.05) is 13.2 Å². The number of amides is 2. The van der Waals surface area contributed by atoms with Crippen LogP contribution in [0.15, 0.2) is 29.4 Å². The summed E-state index contributed by atoms with van der Waals surface area (Å²) < 4.78 is 10.4. The van der Waals surface area contributed by atoms with Crippen LogP contribution in [0.1, 0.15) is 18.9 Å². The molecule has 162 valence electrons. The first-order valence-corrected chi connectivity index (χ1v) is 9.71. The lowest BCUT2D eigenvalue weighted by Gasteiger charge is -2.13. The number of carbonyl (C=O) groups excluding carboxylic acids is 2. The van der Waals surface area contributed by atoms with Crippen molar-refractivity contribution in [2.45, 2.75) is 13.3 Å². The molecule has 1 saturated heterocycles. The average molecular weight is 429 g/mol. The molecule has 2 bridgehead atoms. The zero-order valence-electron chi connectivity index (χ0n) is 16.5. The van der Waals surface area contributed by atoms with Crippen LogP contribution in [0.25, 0.3) is 0 Å². The Morgan fingerprint density at radius 2 is 1.90 bits per heavy atom. The third-order valence-corrected chi connectivity index (χ3v) is 5.66. The lowest BCUT2D eigenvalue weighted by atomic mass is 9.85. The van der Waals surface area contributed by atoms with E-state index in [1.54, 1.807) is 6.92 Å². The highest BCUT2D eigenvalue weighted by molar-refractivity contribution is 6.06. The highest BCUT2D eigenvalue weighted by atomic mass is 16.6. The molecule has 2 amide bonds. The second-order valence-electron chi connectivity index (χ2n) is 7.47. The van der Waals surface area contributed by atoms with Crippen LogP contribution in [-0.2, 0) is 14.4 Å². The molecule has 2 aliphatic carbocycles. The van der Waals surface area contributed by atoms with Crippen LogP contribution in [0.3, 0.4) is 0 Å². The maximum absolute atomic E-state index is 12.7. The van der Waals surface area contributed by atoms with Gasteiger partial charge in [0.15, 0.2) is 12.4 Å². The van der Waals surface area contributed by atoms with E-state index in [9.17, 15) is 24.5 Å². The third kappa shape index (κ3) is 3.51. The minimum Gasteiger partial charge on any atom is -0.490 e. The first-order chi connectivity index (χ1) is 14.8. The molecule has 1 heterocycles. The fraction of sp³-hybridized carbons (Fsp3) is 0.400. The summed E-state index contributed by atoms with van der Waals surface area (Å²) in [5, 5.41) is 25.2. The van der Waals surface area contributed by atoms with E-state index >= 15 is 0 Å². The Kier molecular flexibility index (Phi) is 5.17. The number of aliphatic carboxylic acids is 1. The smallest absolute Gasteiger partial charge is 0.341 e. The molecule has 4 atom stereocenters. The number of benzene rings is 1. The summed E-state index contributed by atoms with van der Waals surface area (Å²) in [6.45, 7) is 1.00. The number of imide groups is 1. The van der Waals surface area contributed by atoms with Gasteiger partial charge < -0.3 is 14.6 Å². The van der Waals surface area contributed by atoms with Crippen molar-refractivity contribution in [3.8, 4) is 11.5 Å². The summed E-state index contributed by atoms with van der Waals surface area (Å²) in [6, 6.07) is 2.48. The van der Waals surface area contributed by atoms with Crippen molar-refractivity contribution in [2.24, 2.45) is 28.8 Å². The monoisotopic (exact) mass is 429 g/mol. The number of nitro groups is 1. The molecule has 0 spiro atoms. The van der Waals surface area contributed by atoms with Gasteiger partial charge in [0.1, 0.15) is 0 Å². The number of fused-ring (bicyclic) bond motifs is 5. The summed E-state index contributed by atoms with van der Waals surface area (Å²) >= 11 is 0. The average Bonchev–Trinajstić information content (AvgIpc) is 3.39. The molecule has 1 aromatic rings. The number of carboxylic acid groups (broad SMARTS) is 1. The van der Waals surface area contributed by atoms with E-state index in [4.69, 9.17) is 14.6 Å². The second kappa shape index (κ2) is 7.82. The van der Waals surface area contributed by atoms with Crippen molar-refractivity contribution in [1.82, 2.24) is 5.01 Å². The number of allylic oxidation sites excluding steroid dienone is 2. The molecule has 1 aromatic carbocycles. The number of nitro benzene ring substituents is 1. The highest BCUT2D eigenvalue weighted by Crippen LogP contribution is 2.52. The normalized spacial score (nSPS) is 26.0. The number of nitrogens with zero attached hydrogens (tertiary/aromatic N) is 3.